The molecule has 1 N–H and O–H groups in total. The van der Waals surface area contributed by atoms with Crippen LogP contribution in [0.4, 0.5) is 24.7 Å². The van der Waals surface area contributed by atoms with Crippen molar-refractivity contribution in [2.75, 3.05) is 36.0 Å². The molecule has 0 aliphatic carbocycles. The third kappa shape index (κ3) is 4.53. The molecule has 0 saturated carbocycles. The molecule has 2 saturated heterocycles. The van der Waals surface area contributed by atoms with E-state index < -0.39 is 17.8 Å². The number of carbonyl (C=O) groups is 1. The van der Waals surface area contributed by atoms with Gasteiger partial charge in [0.05, 0.1) is 10.5 Å². The largest absolute Gasteiger partial charge is 0.435 e. The third-order valence-corrected chi connectivity index (χ3v) is 6.42. The Labute approximate surface area is 191 Å². The summed E-state index contributed by atoms with van der Waals surface area (Å²) in [5.41, 5.74) is -0.152. The van der Waals surface area contributed by atoms with E-state index in [0.29, 0.717) is 37.0 Å². The van der Waals surface area contributed by atoms with E-state index in [9.17, 15) is 18.0 Å². The Balaban J connectivity index is 1.65. The fourth-order valence-corrected chi connectivity index (χ4v) is 4.78. The lowest BCUT2D eigenvalue weighted by Crippen LogP contribution is -2.47. The molecule has 6 nitrogen and oxygen atoms in total. The molecule has 0 atom stereocenters. The van der Waals surface area contributed by atoms with E-state index in [0.717, 1.165) is 17.4 Å². The first kappa shape index (κ1) is 22.0. The van der Waals surface area contributed by atoms with Gasteiger partial charge in [-0.2, -0.15) is 18.3 Å². The summed E-state index contributed by atoms with van der Waals surface area (Å²) in [7, 11) is 1.48. The molecule has 1 aromatic heterocycles. The Hall–Kier alpha value is -2.24. The van der Waals surface area contributed by atoms with Gasteiger partial charge in [-0.15, -0.1) is 0 Å². The van der Waals surface area contributed by atoms with Crippen molar-refractivity contribution < 1.29 is 18.0 Å². The van der Waals surface area contributed by atoms with Gasteiger partial charge >= 0.3 is 6.18 Å². The van der Waals surface area contributed by atoms with E-state index in [1.165, 1.54) is 17.8 Å². The lowest BCUT2D eigenvalue weighted by Gasteiger charge is -2.37. The van der Waals surface area contributed by atoms with Gasteiger partial charge in [0.15, 0.2) is 5.69 Å². The summed E-state index contributed by atoms with van der Waals surface area (Å²) in [4.78, 5) is 16.2. The number of halogens is 4. The number of nitrogens with one attached hydrogen (secondary N) is 1. The van der Waals surface area contributed by atoms with Crippen molar-refractivity contribution in [2.45, 2.75) is 6.18 Å². The normalized spacial score (nSPS) is 18.8. The van der Waals surface area contributed by atoms with Crippen LogP contribution in [0.15, 0.2) is 29.2 Å². The van der Waals surface area contributed by atoms with Crippen LogP contribution in [0.5, 0.6) is 0 Å². The van der Waals surface area contributed by atoms with Gasteiger partial charge < -0.3 is 15.1 Å². The standard InChI is InChI=1S/C19H17ClF3N5OS2/c1-26-17(28-8-6-27(7-9-28)12-4-2-11(20)3-5-12)13(15(25-26)19(21,22)23)10-14-16(29)24-18(30)31-14/h2-5,10H,6-9H2,1H3,(H,24,29,30)/b14-10-. The molecule has 12 heteroatoms. The van der Waals surface area contributed by atoms with E-state index in [-0.39, 0.29) is 14.8 Å². The van der Waals surface area contributed by atoms with Crippen LogP contribution in [0.3, 0.4) is 0 Å². The van der Waals surface area contributed by atoms with E-state index in [1.54, 1.807) is 12.1 Å². The number of aromatic nitrogens is 2. The highest BCUT2D eigenvalue weighted by atomic mass is 35.5. The fourth-order valence-electron chi connectivity index (χ4n) is 3.63. The highest BCUT2D eigenvalue weighted by Crippen LogP contribution is 2.39. The Bertz CT molecular complexity index is 1060. The van der Waals surface area contributed by atoms with Crippen LogP contribution in [-0.2, 0) is 18.0 Å². The summed E-state index contributed by atoms with van der Waals surface area (Å²) in [6.45, 7) is 2.22. The van der Waals surface area contributed by atoms with Crippen LogP contribution in [0.1, 0.15) is 11.3 Å². The first-order valence-corrected chi connectivity index (χ1v) is 10.9. The van der Waals surface area contributed by atoms with Crippen LogP contribution in [0, 0.1) is 0 Å². The molecular formula is C19H17ClF3N5OS2. The number of thiocarbonyl (C=S) groups is 1. The van der Waals surface area contributed by atoms with Gasteiger partial charge in [-0.1, -0.05) is 35.6 Å². The number of benzene rings is 1. The molecule has 2 aliphatic heterocycles. The van der Waals surface area contributed by atoms with Crippen molar-refractivity contribution in [3.05, 3.63) is 45.5 Å². The maximum atomic E-state index is 13.7. The van der Waals surface area contributed by atoms with Gasteiger partial charge in [-0.05, 0) is 30.3 Å². The van der Waals surface area contributed by atoms with Crippen molar-refractivity contribution in [1.82, 2.24) is 15.1 Å². The van der Waals surface area contributed by atoms with Crippen LogP contribution >= 0.6 is 35.6 Å². The molecular weight excluding hydrogens is 471 g/mol. The topological polar surface area (TPSA) is 53.4 Å². The zero-order chi connectivity index (χ0) is 22.3. The zero-order valence-electron chi connectivity index (χ0n) is 16.2. The highest BCUT2D eigenvalue weighted by molar-refractivity contribution is 8.26. The minimum Gasteiger partial charge on any atom is -0.368 e. The van der Waals surface area contributed by atoms with Crippen molar-refractivity contribution in [2.24, 2.45) is 7.05 Å². The second kappa shape index (κ2) is 8.36. The molecule has 3 heterocycles. The van der Waals surface area contributed by atoms with Crippen LogP contribution in [0.2, 0.25) is 5.02 Å². The minimum absolute atomic E-state index is 0.115. The Morgan fingerprint density at radius 2 is 1.77 bits per heavy atom. The number of hydrogen-bond acceptors (Lipinski definition) is 6. The summed E-state index contributed by atoms with van der Waals surface area (Å²) in [5, 5.41) is 6.80. The molecule has 0 bridgehead atoms. The maximum Gasteiger partial charge on any atom is 0.435 e. The first-order chi connectivity index (χ1) is 14.6. The van der Waals surface area contributed by atoms with Crippen molar-refractivity contribution >= 4 is 63.4 Å². The number of amides is 1. The Morgan fingerprint density at radius 3 is 2.32 bits per heavy atom. The molecule has 1 aromatic carbocycles. The number of alkyl halides is 3. The lowest BCUT2D eigenvalue weighted by atomic mass is 10.1. The number of hydrogen-bond donors (Lipinski definition) is 1. The Morgan fingerprint density at radius 1 is 1.16 bits per heavy atom. The van der Waals surface area contributed by atoms with Crippen molar-refractivity contribution in [3.63, 3.8) is 0 Å². The number of carbonyl (C=O) groups excluding carboxylic acids is 1. The van der Waals surface area contributed by atoms with Gasteiger partial charge in [-0.3, -0.25) is 9.48 Å². The second-order valence-corrected chi connectivity index (χ2v) is 9.17. The lowest BCUT2D eigenvalue weighted by molar-refractivity contribution is -0.141. The van der Waals surface area contributed by atoms with Gasteiger partial charge in [-0.25, -0.2) is 0 Å². The molecule has 1 amide bonds. The summed E-state index contributed by atoms with van der Waals surface area (Å²) in [6.07, 6.45) is -3.43. The smallest absolute Gasteiger partial charge is 0.368 e. The van der Waals surface area contributed by atoms with Crippen LogP contribution in [0.25, 0.3) is 6.08 Å². The number of piperazine rings is 1. The number of thioether (sulfide) groups is 1. The maximum absolute atomic E-state index is 13.7. The summed E-state index contributed by atoms with van der Waals surface area (Å²) in [6, 6.07) is 7.44. The Kier molecular flexibility index (Phi) is 5.93. The third-order valence-electron chi connectivity index (χ3n) is 5.01. The monoisotopic (exact) mass is 487 g/mol. The van der Waals surface area contributed by atoms with Crippen molar-refractivity contribution in [1.29, 1.82) is 0 Å². The average Bonchev–Trinajstić information content (AvgIpc) is 3.21. The van der Waals surface area contributed by atoms with Crippen LogP contribution < -0.4 is 15.1 Å². The van der Waals surface area contributed by atoms with Crippen molar-refractivity contribution in [3.8, 4) is 0 Å². The average molecular weight is 488 g/mol. The molecule has 0 unspecified atom stereocenters. The van der Waals surface area contributed by atoms with Gasteiger partial charge in [0.2, 0.25) is 0 Å². The molecule has 31 heavy (non-hydrogen) atoms. The number of anilines is 2. The molecule has 4 rings (SSSR count). The summed E-state index contributed by atoms with van der Waals surface area (Å²) in [5.74, 6) is -0.188. The van der Waals surface area contributed by atoms with Gasteiger partial charge in [0, 0.05) is 43.9 Å². The second-order valence-electron chi connectivity index (χ2n) is 7.01. The molecule has 2 aromatic rings. The number of aryl methyl sites for hydroxylation is 1. The van der Waals surface area contributed by atoms with E-state index >= 15 is 0 Å². The zero-order valence-corrected chi connectivity index (χ0v) is 18.6. The van der Waals surface area contributed by atoms with E-state index in [1.807, 2.05) is 17.0 Å². The predicted molar refractivity (Wildman–Crippen MR) is 120 cm³/mol. The molecule has 2 aliphatic rings. The summed E-state index contributed by atoms with van der Waals surface area (Å²) >= 11 is 11.8. The predicted octanol–water partition coefficient (Wildman–Crippen LogP) is 3.91. The SMILES string of the molecule is Cn1nc(C(F)(F)F)c(/C=C2\SC(=S)NC2=O)c1N1CCN(c2ccc(Cl)cc2)CC1. The molecule has 0 radical (unpaired) electrons. The fraction of sp³-hybridized carbons (Fsp3) is 0.316. The van der Waals surface area contributed by atoms with Gasteiger partial charge in [0.1, 0.15) is 10.1 Å². The molecule has 164 valence electrons. The minimum atomic E-state index is -4.66. The summed E-state index contributed by atoms with van der Waals surface area (Å²) < 4.78 is 42.5. The number of rotatable bonds is 3. The van der Waals surface area contributed by atoms with Gasteiger partial charge in [0.25, 0.3) is 5.91 Å². The van der Waals surface area contributed by atoms with Crippen LogP contribution in [-0.4, -0.2) is 46.2 Å². The quantitative estimate of drug-likeness (QED) is 0.523. The first-order valence-electron chi connectivity index (χ1n) is 9.28. The highest BCUT2D eigenvalue weighted by Gasteiger charge is 2.40. The molecule has 2 fully saturated rings. The molecule has 0 spiro atoms. The van der Waals surface area contributed by atoms with E-state index in [2.05, 4.69) is 15.3 Å². The number of nitrogens with zero attached hydrogens (tertiary/aromatic N) is 4. The van der Waals surface area contributed by atoms with E-state index in [4.69, 9.17) is 23.8 Å².